The Hall–Kier alpha value is -1.59. The maximum Gasteiger partial charge on any atom is 0.229 e. The summed E-state index contributed by atoms with van der Waals surface area (Å²) in [4.78, 5) is 29.5. The summed E-state index contributed by atoms with van der Waals surface area (Å²) in [6.07, 6.45) is 6.56. The molecule has 2 unspecified atom stereocenters. The average molecular weight is 322 g/mol. The van der Waals surface area contributed by atoms with Gasteiger partial charge in [0, 0.05) is 32.0 Å². The van der Waals surface area contributed by atoms with E-state index in [1.54, 1.807) is 0 Å². The topological polar surface area (TPSA) is 73.8 Å². The average Bonchev–Trinajstić information content (AvgIpc) is 2.50. The van der Waals surface area contributed by atoms with Crippen molar-refractivity contribution in [2.75, 3.05) is 19.6 Å². The molecular weight excluding hydrogens is 292 g/mol. The van der Waals surface area contributed by atoms with Crippen molar-refractivity contribution in [3.8, 4) is 0 Å². The van der Waals surface area contributed by atoms with Crippen molar-refractivity contribution in [1.29, 1.82) is 0 Å². The van der Waals surface area contributed by atoms with Crippen LogP contribution in [0.1, 0.15) is 58.8 Å². The molecule has 0 aromatic carbocycles. The second kappa shape index (κ2) is 8.89. The number of nitrogens with zero attached hydrogens (tertiary/aromatic N) is 2. The van der Waals surface area contributed by atoms with Crippen LogP contribution in [0.3, 0.4) is 0 Å². The van der Waals surface area contributed by atoms with Crippen molar-refractivity contribution in [2.45, 2.75) is 64.8 Å². The minimum Gasteiger partial charge on any atom is -0.357 e. The summed E-state index contributed by atoms with van der Waals surface area (Å²) in [5.74, 6) is 1.43. The van der Waals surface area contributed by atoms with Gasteiger partial charge >= 0.3 is 0 Å². The lowest BCUT2D eigenvalue weighted by Gasteiger charge is -2.29. The van der Waals surface area contributed by atoms with Crippen LogP contribution < -0.4 is 10.6 Å². The number of amides is 2. The van der Waals surface area contributed by atoms with Gasteiger partial charge in [-0.25, -0.2) is 0 Å². The number of carbonyl (C=O) groups is 2. The van der Waals surface area contributed by atoms with Crippen LogP contribution in [0.5, 0.6) is 0 Å². The lowest BCUT2D eigenvalue weighted by atomic mass is 9.87. The normalized spacial score (nSPS) is 26.3. The fraction of sp³-hybridized carbons (Fsp3) is 0.824. The Morgan fingerprint density at radius 2 is 1.96 bits per heavy atom. The van der Waals surface area contributed by atoms with E-state index in [0.717, 1.165) is 18.4 Å². The molecule has 2 fully saturated rings. The minimum absolute atomic E-state index is 0.0597. The molecule has 0 aromatic heterocycles. The van der Waals surface area contributed by atoms with Crippen LogP contribution in [-0.4, -0.2) is 48.3 Å². The van der Waals surface area contributed by atoms with Gasteiger partial charge in [0.05, 0.1) is 6.54 Å². The van der Waals surface area contributed by atoms with Gasteiger partial charge in [0.2, 0.25) is 11.8 Å². The summed E-state index contributed by atoms with van der Waals surface area (Å²) in [6, 6.07) is 0.467. The largest absolute Gasteiger partial charge is 0.357 e. The highest BCUT2D eigenvalue weighted by Crippen LogP contribution is 2.23. The van der Waals surface area contributed by atoms with Crippen molar-refractivity contribution >= 4 is 17.8 Å². The van der Waals surface area contributed by atoms with Crippen molar-refractivity contribution in [3.63, 3.8) is 0 Å². The highest BCUT2D eigenvalue weighted by molar-refractivity contribution is 5.97. The number of rotatable bonds is 5. The Morgan fingerprint density at radius 3 is 2.61 bits per heavy atom. The summed E-state index contributed by atoms with van der Waals surface area (Å²) in [6.45, 7) is 5.98. The van der Waals surface area contributed by atoms with Crippen molar-refractivity contribution in [2.24, 2.45) is 10.9 Å². The molecule has 23 heavy (non-hydrogen) atoms. The first kappa shape index (κ1) is 17.8. The third kappa shape index (κ3) is 5.52. The molecule has 2 atom stereocenters. The summed E-state index contributed by atoms with van der Waals surface area (Å²) in [5.41, 5.74) is 0. The van der Waals surface area contributed by atoms with E-state index < -0.39 is 0 Å². The second-order valence-electron chi connectivity index (χ2n) is 6.67. The Balaban J connectivity index is 1.85. The molecule has 2 N–H and O–H groups in total. The van der Waals surface area contributed by atoms with Gasteiger partial charge < -0.3 is 10.6 Å². The Bertz CT molecular complexity index is 434. The van der Waals surface area contributed by atoms with Gasteiger partial charge in [0.15, 0.2) is 5.96 Å². The van der Waals surface area contributed by atoms with Crippen LogP contribution >= 0.6 is 0 Å². The zero-order valence-electron chi connectivity index (χ0n) is 14.4. The van der Waals surface area contributed by atoms with E-state index >= 15 is 0 Å². The molecule has 1 aliphatic carbocycles. The molecule has 1 aliphatic heterocycles. The highest BCUT2D eigenvalue weighted by atomic mass is 16.2. The number of nitrogens with one attached hydrogen (secondary N) is 2. The van der Waals surface area contributed by atoms with E-state index in [0.29, 0.717) is 38.4 Å². The minimum atomic E-state index is -0.0597. The van der Waals surface area contributed by atoms with Crippen LogP contribution in [0, 0.1) is 5.92 Å². The van der Waals surface area contributed by atoms with E-state index in [-0.39, 0.29) is 11.8 Å². The first-order valence-corrected chi connectivity index (χ1v) is 8.98. The first-order valence-electron chi connectivity index (χ1n) is 8.98. The molecule has 1 heterocycles. The van der Waals surface area contributed by atoms with Gasteiger partial charge in [-0.1, -0.05) is 19.8 Å². The number of imide groups is 1. The van der Waals surface area contributed by atoms with Gasteiger partial charge in [-0.2, -0.15) is 0 Å². The number of aliphatic imine (C=N–C) groups is 1. The van der Waals surface area contributed by atoms with Gasteiger partial charge in [-0.05, 0) is 32.1 Å². The lowest BCUT2D eigenvalue weighted by Crippen LogP contribution is -2.46. The summed E-state index contributed by atoms with van der Waals surface area (Å²) in [7, 11) is 0. The van der Waals surface area contributed by atoms with Crippen LogP contribution in [0.2, 0.25) is 0 Å². The quantitative estimate of drug-likeness (QED) is 0.459. The molecule has 2 amide bonds. The van der Waals surface area contributed by atoms with Gasteiger partial charge in [-0.15, -0.1) is 0 Å². The molecule has 6 nitrogen and oxygen atoms in total. The third-order valence-electron chi connectivity index (χ3n) is 4.60. The number of carbonyl (C=O) groups excluding carboxylic acids is 2. The van der Waals surface area contributed by atoms with E-state index in [4.69, 9.17) is 0 Å². The van der Waals surface area contributed by atoms with Crippen molar-refractivity contribution in [1.82, 2.24) is 15.5 Å². The van der Waals surface area contributed by atoms with E-state index in [9.17, 15) is 9.59 Å². The second-order valence-corrected chi connectivity index (χ2v) is 6.67. The molecule has 0 aromatic rings. The number of piperidine rings is 1. The molecule has 6 heteroatoms. The third-order valence-corrected chi connectivity index (χ3v) is 4.60. The van der Waals surface area contributed by atoms with Crippen molar-refractivity contribution < 1.29 is 9.59 Å². The predicted octanol–water partition coefficient (Wildman–Crippen LogP) is 1.66. The fourth-order valence-corrected chi connectivity index (χ4v) is 3.39. The van der Waals surface area contributed by atoms with Gasteiger partial charge in [0.1, 0.15) is 0 Å². The zero-order valence-corrected chi connectivity index (χ0v) is 14.4. The molecule has 0 spiro atoms. The van der Waals surface area contributed by atoms with Gasteiger partial charge in [-0.3, -0.25) is 19.5 Å². The Labute approximate surface area is 139 Å². The maximum absolute atomic E-state index is 11.8. The SMILES string of the molecule is CCNC(=NCCN1C(=O)CCCC1=O)NC1CCCC(C)C1. The summed E-state index contributed by atoms with van der Waals surface area (Å²) >= 11 is 0. The van der Waals surface area contributed by atoms with E-state index in [1.165, 1.54) is 30.6 Å². The monoisotopic (exact) mass is 322 g/mol. The van der Waals surface area contributed by atoms with Crippen LogP contribution in [0.25, 0.3) is 0 Å². The number of guanidine groups is 1. The van der Waals surface area contributed by atoms with E-state index in [2.05, 4.69) is 22.5 Å². The molecule has 130 valence electrons. The fourth-order valence-electron chi connectivity index (χ4n) is 3.39. The Morgan fingerprint density at radius 1 is 1.22 bits per heavy atom. The molecule has 1 saturated carbocycles. The maximum atomic E-state index is 11.8. The number of likely N-dealkylation sites (tertiary alicyclic amines) is 1. The number of hydrogen-bond donors (Lipinski definition) is 2. The summed E-state index contributed by atoms with van der Waals surface area (Å²) < 4.78 is 0. The van der Waals surface area contributed by atoms with Crippen LogP contribution in [0.15, 0.2) is 4.99 Å². The van der Waals surface area contributed by atoms with Crippen LogP contribution in [-0.2, 0) is 9.59 Å². The molecule has 1 saturated heterocycles. The smallest absolute Gasteiger partial charge is 0.229 e. The first-order chi connectivity index (χ1) is 11.1. The molecule has 0 radical (unpaired) electrons. The lowest BCUT2D eigenvalue weighted by molar-refractivity contribution is -0.147. The van der Waals surface area contributed by atoms with Gasteiger partial charge in [0.25, 0.3) is 0 Å². The number of hydrogen-bond acceptors (Lipinski definition) is 3. The predicted molar refractivity (Wildman–Crippen MR) is 91.1 cm³/mol. The Kier molecular flexibility index (Phi) is 6.86. The van der Waals surface area contributed by atoms with Crippen molar-refractivity contribution in [3.05, 3.63) is 0 Å². The van der Waals surface area contributed by atoms with Crippen LogP contribution in [0.4, 0.5) is 0 Å². The molecule has 0 bridgehead atoms. The molecule has 2 aliphatic rings. The summed E-state index contributed by atoms with van der Waals surface area (Å²) in [5, 5.41) is 6.75. The highest BCUT2D eigenvalue weighted by Gasteiger charge is 2.25. The molecule has 2 rings (SSSR count). The van der Waals surface area contributed by atoms with E-state index in [1.807, 2.05) is 6.92 Å². The molecular formula is C17H30N4O2. The standard InChI is InChI=1S/C17H30N4O2/c1-3-18-17(20-14-7-4-6-13(2)12-14)19-10-11-21-15(22)8-5-9-16(21)23/h13-14H,3-12H2,1-2H3,(H2,18,19,20). The zero-order chi connectivity index (χ0) is 16.7.